The molecule has 1 aromatic carbocycles. The number of hydrogen-bond acceptors (Lipinski definition) is 3. The zero-order valence-corrected chi connectivity index (χ0v) is 12.5. The van der Waals surface area contributed by atoms with Gasteiger partial charge in [-0.15, -0.1) is 11.3 Å². The summed E-state index contributed by atoms with van der Waals surface area (Å²) in [6.45, 7) is 0.921. The molecular formula is C12H12BrClN2S. The molecule has 90 valence electrons. The second-order valence-electron chi connectivity index (χ2n) is 3.57. The standard InChI is InChI=1S/C12H12BrClN2S/c1-15-7-6-10-11(13)17-12(16-10)8-4-2-3-5-9(8)14/h2-5,15H,6-7H2,1H3. The minimum Gasteiger partial charge on any atom is -0.319 e. The molecule has 0 radical (unpaired) electrons. The van der Waals surface area contributed by atoms with E-state index in [2.05, 4.69) is 26.2 Å². The minimum absolute atomic E-state index is 0.744. The van der Waals surface area contributed by atoms with Gasteiger partial charge in [0.1, 0.15) is 5.01 Å². The molecule has 17 heavy (non-hydrogen) atoms. The van der Waals surface area contributed by atoms with Gasteiger partial charge in [-0.25, -0.2) is 4.98 Å². The van der Waals surface area contributed by atoms with Gasteiger partial charge in [0.15, 0.2) is 0 Å². The third-order valence-corrected chi connectivity index (χ3v) is 4.56. The van der Waals surface area contributed by atoms with Crippen molar-refractivity contribution in [2.24, 2.45) is 0 Å². The van der Waals surface area contributed by atoms with Gasteiger partial charge >= 0.3 is 0 Å². The van der Waals surface area contributed by atoms with E-state index in [9.17, 15) is 0 Å². The van der Waals surface area contributed by atoms with E-state index >= 15 is 0 Å². The Bertz CT molecular complexity index is 513. The Kier molecular flexibility index (Phi) is 4.56. The van der Waals surface area contributed by atoms with Crippen LogP contribution in [0.15, 0.2) is 28.1 Å². The average Bonchev–Trinajstić information content (AvgIpc) is 2.68. The summed E-state index contributed by atoms with van der Waals surface area (Å²) in [5, 5.41) is 4.83. The van der Waals surface area contributed by atoms with Gasteiger partial charge < -0.3 is 5.32 Å². The fraction of sp³-hybridized carbons (Fsp3) is 0.250. The fourth-order valence-corrected chi connectivity index (χ4v) is 3.39. The van der Waals surface area contributed by atoms with Crippen LogP contribution in [-0.2, 0) is 6.42 Å². The van der Waals surface area contributed by atoms with Gasteiger partial charge in [-0.1, -0.05) is 29.8 Å². The van der Waals surface area contributed by atoms with Crippen molar-refractivity contribution in [1.82, 2.24) is 10.3 Å². The number of thiazole rings is 1. The van der Waals surface area contributed by atoms with Gasteiger partial charge in [0.05, 0.1) is 14.5 Å². The number of benzene rings is 1. The second kappa shape index (κ2) is 5.96. The van der Waals surface area contributed by atoms with Gasteiger partial charge in [-0.2, -0.15) is 0 Å². The maximum Gasteiger partial charge on any atom is 0.126 e. The van der Waals surface area contributed by atoms with Crippen LogP contribution in [0.4, 0.5) is 0 Å². The zero-order valence-electron chi connectivity index (χ0n) is 9.34. The molecule has 0 aliphatic heterocycles. The molecule has 1 heterocycles. The Morgan fingerprint density at radius 2 is 2.18 bits per heavy atom. The third kappa shape index (κ3) is 3.07. The highest BCUT2D eigenvalue weighted by Gasteiger charge is 2.12. The zero-order chi connectivity index (χ0) is 12.3. The summed E-state index contributed by atoms with van der Waals surface area (Å²) in [5.74, 6) is 0. The van der Waals surface area contributed by atoms with Gasteiger partial charge in [0.25, 0.3) is 0 Å². The molecule has 1 N–H and O–H groups in total. The Labute approximate surface area is 118 Å². The fourth-order valence-electron chi connectivity index (χ4n) is 1.48. The summed E-state index contributed by atoms with van der Waals surface area (Å²) in [7, 11) is 1.94. The van der Waals surface area contributed by atoms with Gasteiger partial charge in [-0.05, 0) is 29.0 Å². The van der Waals surface area contributed by atoms with Crippen molar-refractivity contribution < 1.29 is 0 Å². The van der Waals surface area contributed by atoms with Crippen molar-refractivity contribution in [3.05, 3.63) is 38.8 Å². The molecule has 0 atom stereocenters. The lowest BCUT2D eigenvalue weighted by molar-refractivity contribution is 0.779. The first-order valence-electron chi connectivity index (χ1n) is 5.27. The van der Waals surface area contributed by atoms with Crippen LogP contribution in [0.25, 0.3) is 10.6 Å². The van der Waals surface area contributed by atoms with E-state index in [-0.39, 0.29) is 0 Å². The summed E-state index contributed by atoms with van der Waals surface area (Å²) in [6, 6.07) is 7.79. The van der Waals surface area contributed by atoms with Crippen molar-refractivity contribution in [1.29, 1.82) is 0 Å². The number of nitrogens with zero attached hydrogens (tertiary/aromatic N) is 1. The van der Waals surface area contributed by atoms with Crippen molar-refractivity contribution in [3.8, 4) is 10.6 Å². The molecule has 0 fully saturated rings. The number of hydrogen-bond donors (Lipinski definition) is 1. The van der Waals surface area contributed by atoms with Gasteiger partial charge in [-0.3, -0.25) is 0 Å². The van der Waals surface area contributed by atoms with Crippen LogP contribution in [-0.4, -0.2) is 18.6 Å². The summed E-state index contributed by atoms with van der Waals surface area (Å²) in [6.07, 6.45) is 0.915. The molecular weight excluding hydrogens is 320 g/mol. The van der Waals surface area contributed by atoms with E-state index in [0.717, 1.165) is 38.0 Å². The normalized spacial score (nSPS) is 10.8. The lowest BCUT2D eigenvalue weighted by Gasteiger charge is -1.98. The molecule has 1 aromatic heterocycles. The molecule has 0 aliphatic carbocycles. The molecule has 2 aromatic rings. The Morgan fingerprint density at radius 3 is 2.88 bits per heavy atom. The van der Waals surface area contributed by atoms with E-state index in [1.807, 2.05) is 31.3 Å². The number of rotatable bonds is 4. The molecule has 0 unspecified atom stereocenters. The minimum atomic E-state index is 0.744. The molecule has 0 spiro atoms. The van der Waals surface area contributed by atoms with E-state index in [4.69, 9.17) is 11.6 Å². The van der Waals surface area contributed by atoms with Gasteiger partial charge in [0.2, 0.25) is 0 Å². The summed E-state index contributed by atoms with van der Waals surface area (Å²) >= 11 is 11.3. The number of aromatic nitrogens is 1. The second-order valence-corrected chi connectivity index (χ2v) is 6.30. The monoisotopic (exact) mass is 330 g/mol. The van der Waals surface area contributed by atoms with Crippen LogP contribution in [0.2, 0.25) is 5.02 Å². The molecule has 0 aliphatic rings. The Hall–Kier alpha value is -0.420. The smallest absolute Gasteiger partial charge is 0.126 e. The topological polar surface area (TPSA) is 24.9 Å². The van der Waals surface area contributed by atoms with Crippen molar-refractivity contribution in [3.63, 3.8) is 0 Å². The molecule has 0 saturated heterocycles. The summed E-state index contributed by atoms with van der Waals surface area (Å²) < 4.78 is 1.09. The Balaban J connectivity index is 2.31. The molecule has 2 nitrogen and oxygen atoms in total. The molecule has 0 saturated carbocycles. The van der Waals surface area contributed by atoms with Crippen molar-refractivity contribution in [2.45, 2.75) is 6.42 Å². The highest BCUT2D eigenvalue weighted by molar-refractivity contribution is 9.11. The van der Waals surface area contributed by atoms with Crippen LogP contribution >= 0.6 is 38.9 Å². The van der Waals surface area contributed by atoms with E-state index in [1.165, 1.54) is 0 Å². The number of halogens is 2. The van der Waals surface area contributed by atoms with Crippen molar-refractivity contribution >= 4 is 38.9 Å². The number of nitrogens with one attached hydrogen (secondary N) is 1. The van der Waals surface area contributed by atoms with E-state index < -0.39 is 0 Å². The Morgan fingerprint density at radius 1 is 1.41 bits per heavy atom. The first kappa shape index (κ1) is 13.0. The molecule has 0 bridgehead atoms. The first-order valence-corrected chi connectivity index (χ1v) is 7.26. The maximum atomic E-state index is 6.16. The predicted octanol–water partition coefficient (Wildman–Crippen LogP) is 3.99. The van der Waals surface area contributed by atoms with Crippen LogP contribution in [0.1, 0.15) is 5.69 Å². The number of likely N-dealkylation sites (N-methyl/N-ethyl adjacent to an activating group) is 1. The SMILES string of the molecule is CNCCc1nc(-c2ccccc2Cl)sc1Br. The summed E-state index contributed by atoms with van der Waals surface area (Å²) in [4.78, 5) is 4.63. The predicted molar refractivity (Wildman–Crippen MR) is 77.9 cm³/mol. The van der Waals surface area contributed by atoms with E-state index in [1.54, 1.807) is 11.3 Å². The lowest BCUT2D eigenvalue weighted by atomic mass is 10.2. The van der Waals surface area contributed by atoms with Gasteiger partial charge in [0, 0.05) is 18.5 Å². The average molecular weight is 332 g/mol. The first-order chi connectivity index (χ1) is 8.22. The maximum absolute atomic E-state index is 6.16. The quantitative estimate of drug-likeness (QED) is 0.916. The molecule has 2 rings (SSSR count). The van der Waals surface area contributed by atoms with Crippen LogP contribution < -0.4 is 5.32 Å². The highest BCUT2D eigenvalue weighted by atomic mass is 79.9. The van der Waals surface area contributed by atoms with Crippen molar-refractivity contribution in [2.75, 3.05) is 13.6 Å². The largest absolute Gasteiger partial charge is 0.319 e. The summed E-state index contributed by atoms with van der Waals surface area (Å²) in [5.41, 5.74) is 2.08. The molecule has 0 amide bonds. The van der Waals surface area contributed by atoms with E-state index in [0.29, 0.717) is 0 Å². The lowest BCUT2D eigenvalue weighted by Crippen LogP contribution is -2.10. The van der Waals surface area contributed by atoms with Crippen LogP contribution in [0.5, 0.6) is 0 Å². The third-order valence-electron chi connectivity index (χ3n) is 2.37. The molecule has 5 heteroatoms. The van der Waals surface area contributed by atoms with Crippen LogP contribution in [0.3, 0.4) is 0 Å². The van der Waals surface area contributed by atoms with Crippen LogP contribution in [0, 0.1) is 0 Å². The highest BCUT2D eigenvalue weighted by Crippen LogP contribution is 2.35.